The molecule has 1 aliphatic rings. The molecule has 0 saturated heterocycles. The number of sulfonamides is 1. The Labute approximate surface area is 120 Å². The summed E-state index contributed by atoms with van der Waals surface area (Å²) in [6.07, 6.45) is 3.46. The number of hydrogen-bond acceptors (Lipinski definition) is 3. The quantitative estimate of drug-likeness (QED) is 0.838. The zero-order valence-corrected chi connectivity index (χ0v) is 12.3. The average molecular weight is 293 g/mol. The minimum atomic E-state index is -3.29. The van der Waals surface area contributed by atoms with Crippen LogP contribution in [0, 0.1) is 18.8 Å². The standard InChI is InChI=1S/C15H19NO3S/c1-12-11-14(9-8-13(12)5-4-10-17)16-20(18,19)15-6-2-3-7-15/h8-9,11,15-17H,2-3,6-7,10H2,1H3. The van der Waals surface area contributed by atoms with Crippen molar-refractivity contribution < 1.29 is 13.5 Å². The molecule has 0 aromatic heterocycles. The Morgan fingerprint density at radius 2 is 2.05 bits per heavy atom. The van der Waals surface area contributed by atoms with Crippen LogP contribution in [-0.4, -0.2) is 25.4 Å². The third-order valence-corrected chi connectivity index (χ3v) is 5.40. The molecule has 0 aliphatic heterocycles. The van der Waals surface area contributed by atoms with Gasteiger partial charge in [0.2, 0.25) is 10.0 Å². The van der Waals surface area contributed by atoms with Crippen LogP contribution in [0.4, 0.5) is 5.69 Å². The van der Waals surface area contributed by atoms with Gasteiger partial charge in [-0.3, -0.25) is 4.72 Å². The molecule has 108 valence electrons. The van der Waals surface area contributed by atoms with Gasteiger partial charge < -0.3 is 5.11 Å². The van der Waals surface area contributed by atoms with Gasteiger partial charge in [-0.1, -0.05) is 24.7 Å². The molecule has 2 rings (SSSR count). The van der Waals surface area contributed by atoms with Gasteiger partial charge in [-0.05, 0) is 43.5 Å². The summed E-state index contributed by atoms with van der Waals surface area (Å²) in [7, 11) is -3.29. The number of rotatable bonds is 3. The molecule has 0 radical (unpaired) electrons. The number of anilines is 1. The van der Waals surface area contributed by atoms with E-state index in [0.29, 0.717) is 5.69 Å². The summed E-state index contributed by atoms with van der Waals surface area (Å²) in [6, 6.07) is 5.25. The maximum atomic E-state index is 12.2. The highest BCUT2D eigenvalue weighted by Gasteiger charge is 2.28. The third-order valence-electron chi connectivity index (χ3n) is 3.53. The van der Waals surface area contributed by atoms with E-state index in [0.717, 1.165) is 36.8 Å². The van der Waals surface area contributed by atoms with Gasteiger partial charge in [-0.2, -0.15) is 0 Å². The predicted molar refractivity (Wildman–Crippen MR) is 79.9 cm³/mol. The summed E-state index contributed by atoms with van der Waals surface area (Å²) in [4.78, 5) is 0. The minimum absolute atomic E-state index is 0.185. The van der Waals surface area contributed by atoms with Gasteiger partial charge in [0.1, 0.15) is 6.61 Å². The highest BCUT2D eigenvalue weighted by atomic mass is 32.2. The van der Waals surface area contributed by atoms with Crippen LogP contribution >= 0.6 is 0 Å². The molecule has 0 unspecified atom stereocenters. The second-order valence-electron chi connectivity index (χ2n) is 5.04. The van der Waals surface area contributed by atoms with Crippen LogP contribution in [-0.2, 0) is 10.0 Å². The molecule has 2 N–H and O–H groups in total. The Morgan fingerprint density at radius 1 is 1.35 bits per heavy atom. The Balaban J connectivity index is 2.16. The first-order valence-corrected chi connectivity index (χ1v) is 8.29. The molecule has 1 aromatic rings. The van der Waals surface area contributed by atoms with E-state index in [2.05, 4.69) is 16.6 Å². The predicted octanol–water partition coefficient (Wildman–Crippen LogP) is 2.02. The van der Waals surface area contributed by atoms with Crippen molar-refractivity contribution in [2.75, 3.05) is 11.3 Å². The van der Waals surface area contributed by atoms with Gasteiger partial charge in [0.15, 0.2) is 0 Å². The van der Waals surface area contributed by atoms with Crippen molar-refractivity contribution in [2.24, 2.45) is 0 Å². The molecule has 1 fully saturated rings. The van der Waals surface area contributed by atoms with Gasteiger partial charge >= 0.3 is 0 Å². The third kappa shape index (κ3) is 3.53. The first kappa shape index (κ1) is 14.9. The Morgan fingerprint density at radius 3 is 2.65 bits per heavy atom. The summed E-state index contributed by atoms with van der Waals surface area (Å²) < 4.78 is 27.1. The lowest BCUT2D eigenvalue weighted by Gasteiger charge is -2.14. The van der Waals surface area contributed by atoms with Gasteiger partial charge in [0.05, 0.1) is 5.25 Å². The minimum Gasteiger partial charge on any atom is -0.384 e. The van der Waals surface area contributed by atoms with E-state index in [-0.39, 0.29) is 11.9 Å². The van der Waals surface area contributed by atoms with Gasteiger partial charge in [-0.15, -0.1) is 0 Å². The molecule has 4 nitrogen and oxygen atoms in total. The lowest BCUT2D eigenvalue weighted by Crippen LogP contribution is -2.25. The molecular formula is C15H19NO3S. The van der Waals surface area contributed by atoms with Crippen molar-refractivity contribution in [3.8, 4) is 11.8 Å². The van der Waals surface area contributed by atoms with E-state index >= 15 is 0 Å². The largest absolute Gasteiger partial charge is 0.384 e. The van der Waals surface area contributed by atoms with Crippen molar-refractivity contribution in [3.63, 3.8) is 0 Å². The molecular weight excluding hydrogens is 274 g/mol. The average Bonchev–Trinajstić information content (AvgIpc) is 2.92. The Kier molecular flexibility index (Phi) is 4.69. The molecule has 1 aliphatic carbocycles. The van der Waals surface area contributed by atoms with Crippen molar-refractivity contribution in [3.05, 3.63) is 29.3 Å². The van der Waals surface area contributed by atoms with E-state index in [1.54, 1.807) is 18.2 Å². The van der Waals surface area contributed by atoms with Crippen molar-refractivity contribution in [1.82, 2.24) is 0 Å². The SMILES string of the molecule is Cc1cc(NS(=O)(=O)C2CCCC2)ccc1C#CCO. The van der Waals surface area contributed by atoms with Crippen LogP contribution in [0.2, 0.25) is 0 Å². The smallest absolute Gasteiger partial charge is 0.235 e. The summed E-state index contributed by atoms with van der Waals surface area (Å²) in [5.41, 5.74) is 2.25. The van der Waals surface area contributed by atoms with Crippen molar-refractivity contribution in [1.29, 1.82) is 0 Å². The zero-order valence-electron chi connectivity index (χ0n) is 11.5. The number of aryl methyl sites for hydroxylation is 1. The van der Waals surface area contributed by atoms with Crippen LogP contribution in [0.1, 0.15) is 36.8 Å². The lowest BCUT2D eigenvalue weighted by molar-refractivity contribution is 0.350. The molecule has 0 spiro atoms. The number of aliphatic hydroxyl groups excluding tert-OH is 1. The number of hydrogen-bond donors (Lipinski definition) is 2. The molecule has 0 bridgehead atoms. The summed E-state index contributed by atoms with van der Waals surface area (Å²) in [6.45, 7) is 1.68. The van der Waals surface area contributed by atoms with Crippen LogP contribution in [0.3, 0.4) is 0 Å². The maximum absolute atomic E-state index is 12.2. The first-order chi connectivity index (χ1) is 9.53. The summed E-state index contributed by atoms with van der Waals surface area (Å²) >= 11 is 0. The number of benzene rings is 1. The fourth-order valence-electron chi connectivity index (χ4n) is 2.45. The number of nitrogens with one attached hydrogen (secondary N) is 1. The van der Waals surface area contributed by atoms with Gasteiger partial charge in [0.25, 0.3) is 0 Å². The van der Waals surface area contributed by atoms with Crippen LogP contribution in [0.25, 0.3) is 0 Å². The molecule has 5 heteroatoms. The molecule has 1 saturated carbocycles. The number of aliphatic hydroxyl groups is 1. The first-order valence-electron chi connectivity index (χ1n) is 6.75. The van der Waals surface area contributed by atoms with Crippen LogP contribution in [0.5, 0.6) is 0 Å². The second kappa shape index (κ2) is 6.29. The van der Waals surface area contributed by atoms with Crippen LogP contribution in [0.15, 0.2) is 18.2 Å². The molecule has 0 atom stereocenters. The van der Waals surface area contributed by atoms with E-state index in [4.69, 9.17) is 5.11 Å². The highest BCUT2D eigenvalue weighted by Crippen LogP contribution is 2.26. The maximum Gasteiger partial charge on any atom is 0.235 e. The topological polar surface area (TPSA) is 66.4 Å². The highest BCUT2D eigenvalue weighted by molar-refractivity contribution is 7.93. The van der Waals surface area contributed by atoms with Gasteiger partial charge in [-0.25, -0.2) is 8.42 Å². The van der Waals surface area contributed by atoms with Crippen LogP contribution < -0.4 is 4.72 Å². The molecule has 20 heavy (non-hydrogen) atoms. The van der Waals surface area contributed by atoms with Gasteiger partial charge in [0, 0.05) is 11.3 Å². The fraction of sp³-hybridized carbons (Fsp3) is 0.467. The van der Waals surface area contributed by atoms with Crippen molar-refractivity contribution >= 4 is 15.7 Å². The van der Waals surface area contributed by atoms with E-state index in [1.807, 2.05) is 6.92 Å². The van der Waals surface area contributed by atoms with E-state index in [1.165, 1.54) is 0 Å². The van der Waals surface area contributed by atoms with E-state index in [9.17, 15) is 8.42 Å². The summed E-state index contributed by atoms with van der Waals surface area (Å²) in [5, 5.41) is 8.41. The fourth-order valence-corrected chi connectivity index (χ4v) is 4.02. The monoisotopic (exact) mass is 293 g/mol. The lowest BCUT2D eigenvalue weighted by atomic mass is 10.1. The molecule has 0 heterocycles. The Hall–Kier alpha value is -1.51. The molecule has 1 aromatic carbocycles. The normalized spacial score (nSPS) is 15.7. The summed E-state index contributed by atoms with van der Waals surface area (Å²) in [5.74, 6) is 5.42. The van der Waals surface area contributed by atoms with Crippen molar-refractivity contribution in [2.45, 2.75) is 37.9 Å². The second-order valence-corrected chi connectivity index (χ2v) is 7.00. The zero-order chi connectivity index (χ0) is 14.6. The van der Waals surface area contributed by atoms with E-state index < -0.39 is 10.0 Å². The Bertz CT molecular complexity index is 635. The molecule has 0 amide bonds.